The van der Waals surface area contributed by atoms with Gasteiger partial charge in [0.2, 0.25) is 0 Å². The van der Waals surface area contributed by atoms with Gasteiger partial charge in [0, 0.05) is 27.3 Å². The Kier molecular flexibility index (Phi) is 4.55. The summed E-state index contributed by atoms with van der Waals surface area (Å²) >= 11 is 0. The maximum absolute atomic E-state index is 13.2. The number of hydrogen-bond acceptors (Lipinski definition) is 3. The van der Waals surface area contributed by atoms with E-state index in [0.717, 1.165) is 18.7 Å². The average molecular weight is 226 g/mol. The fourth-order valence-corrected chi connectivity index (χ4v) is 1.58. The summed E-state index contributed by atoms with van der Waals surface area (Å²) in [5.74, 6) is -0.258. The number of ether oxygens (including phenoxy) is 1. The second kappa shape index (κ2) is 5.70. The SMILES string of the molecule is COCCCN(C)c1cc(C)c(F)cc1N. The van der Waals surface area contributed by atoms with Gasteiger partial charge in [-0.05, 0) is 31.0 Å². The minimum absolute atomic E-state index is 0.258. The molecule has 0 radical (unpaired) electrons. The summed E-state index contributed by atoms with van der Waals surface area (Å²) < 4.78 is 18.2. The van der Waals surface area contributed by atoms with Crippen LogP contribution in [0.25, 0.3) is 0 Å². The second-order valence-electron chi connectivity index (χ2n) is 3.93. The van der Waals surface area contributed by atoms with Gasteiger partial charge in [-0.1, -0.05) is 0 Å². The average Bonchev–Trinajstić information content (AvgIpc) is 2.23. The van der Waals surface area contributed by atoms with Gasteiger partial charge < -0.3 is 15.4 Å². The van der Waals surface area contributed by atoms with Gasteiger partial charge in [0.15, 0.2) is 0 Å². The maximum atomic E-state index is 13.2. The van der Waals surface area contributed by atoms with Gasteiger partial charge in [-0.2, -0.15) is 0 Å². The predicted molar refractivity (Wildman–Crippen MR) is 65.3 cm³/mol. The topological polar surface area (TPSA) is 38.5 Å². The Hall–Kier alpha value is -1.29. The molecule has 16 heavy (non-hydrogen) atoms. The summed E-state index contributed by atoms with van der Waals surface area (Å²) in [5, 5.41) is 0. The van der Waals surface area contributed by atoms with Crippen molar-refractivity contribution < 1.29 is 9.13 Å². The summed E-state index contributed by atoms with van der Waals surface area (Å²) in [6, 6.07) is 3.15. The fraction of sp³-hybridized carbons (Fsp3) is 0.500. The van der Waals surface area contributed by atoms with E-state index >= 15 is 0 Å². The third-order valence-electron chi connectivity index (χ3n) is 2.56. The Bertz CT molecular complexity index is 355. The lowest BCUT2D eigenvalue weighted by Crippen LogP contribution is -2.21. The second-order valence-corrected chi connectivity index (χ2v) is 3.93. The quantitative estimate of drug-likeness (QED) is 0.618. The molecule has 0 bridgehead atoms. The van der Waals surface area contributed by atoms with E-state index in [1.807, 2.05) is 11.9 Å². The Morgan fingerprint density at radius 1 is 1.44 bits per heavy atom. The van der Waals surface area contributed by atoms with Crippen LogP contribution in [-0.2, 0) is 4.74 Å². The predicted octanol–water partition coefficient (Wildman–Crippen LogP) is 2.19. The van der Waals surface area contributed by atoms with Crippen LogP contribution in [-0.4, -0.2) is 27.3 Å². The number of anilines is 2. The van der Waals surface area contributed by atoms with E-state index in [1.165, 1.54) is 6.07 Å². The van der Waals surface area contributed by atoms with Gasteiger partial charge in [0.05, 0.1) is 11.4 Å². The van der Waals surface area contributed by atoms with E-state index in [4.69, 9.17) is 10.5 Å². The van der Waals surface area contributed by atoms with Crippen LogP contribution >= 0.6 is 0 Å². The van der Waals surface area contributed by atoms with Gasteiger partial charge in [-0.25, -0.2) is 4.39 Å². The van der Waals surface area contributed by atoms with Crippen molar-refractivity contribution in [1.82, 2.24) is 0 Å². The largest absolute Gasteiger partial charge is 0.397 e. The number of nitrogen functional groups attached to an aromatic ring is 1. The van der Waals surface area contributed by atoms with Crippen molar-refractivity contribution in [3.05, 3.63) is 23.5 Å². The molecule has 3 nitrogen and oxygen atoms in total. The molecule has 1 aromatic carbocycles. The number of halogens is 1. The van der Waals surface area contributed by atoms with Gasteiger partial charge in [0.1, 0.15) is 5.82 Å². The Labute approximate surface area is 96.0 Å². The molecule has 4 heteroatoms. The van der Waals surface area contributed by atoms with E-state index in [-0.39, 0.29) is 5.82 Å². The lowest BCUT2D eigenvalue weighted by Gasteiger charge is -2.21. The number of rotatable bonds is 5. The number of hydrogen-bond donors (Lipinski definition) is 1. The summed E-state index contributed by atoms with van der Waals surface area (Å²) in [6.07, 6.45) is 0.920. The number of aryl methyl sites for hydroxylation is 1. The molecule has 0 heterocycles. The molecule has 0 spiro atoms. The summed E-state index contributed by atoms with van der Waals surface area (Å²) in [6.45, 7) is 3.29. The lowest BCUT2D eigenvalue weighted by atomic mass is 10.1. The molecule has 90 valence electrons. The molecular weight excluding hydrogens is 207 g/mol. The zero-order chi connectivity index (χ0) is 12.1. The lowest BCUT2D eigenvalue weighted by molar-refractivity contribution is 0.196. The third-order valence-corrected chi connectivity index (χ3v) is 2.56. The van der Waals surface area contributed by atoms with Crippen LogP contribution in [0.4, 0.5) is 15.8 Å². The highest BCUT2D eigenvalue weighted by atomic mass is 19.1. The van der Waals surface area contributed by atoms with E-state index in [9.17, 15) is 4.39 Å². The van der Waals surface area contributed by atoms with Crippen LogP contribution in [0.2, 0.25) is 0 Å². The molecule has 0 atom stereocenters. The van der Waals surface area contributed by atoms with Crippen molar-refractivity contribution in [2.24, 2.45) is 0 Å². The molecule has 1 aromatic rings. The van der Waals surface area contributed by atoms with Gasteiger partial charge in [0.25, 0.3) is 0 Å². The maximum Gasteiger partial charge on any atom is 0.128 e. The van der Waals surface area contributed by atoms with E-state index < -0.39 is 0 Å². The molecule has 0 aliphatic carbocycles. The molecule has 0 unspecified atom stereocenters. The highest BCUT2D eigenvalue weighted by Gasteiger charge is 2.08. The summed E-state index contributed by atoms with van der Waals surface area (Å²) in [5.41, 5.74) is 7.74. The Morgan fingerprint density at radius 3 is 2.75 bits per heavy atom. The van der Waals surface area contributed by atoms with Gasteiger partial charge >= 0.3 is 0 Å². The summed E-state index contributed by atoms with van der Waals surface area (Å²) in [7, 11) is 3.62. The van der Waals surface area contributed by atoms with Crippen LogP contribution in [0, 0.1) is 12.7 Å². The molecule has 0 fully saturated rings. The van der Waals surface area contributed by atoms with E-state index in [2.05, 4.69) is 0 Å². The first-order valence-electron chi connectivity index (χ1n) is 5.32. The third kappa shape index (κ3) is 3.10. The minimum atomic E-state index is -0.258. The Morgan fingerprint density at radius 2 is 2.12 bits per heavy atom. The van der Waals surface area contributed by atoms with Gasteiger partial charge in [-0.15, -0.1) is 0 Å². The first-order chi connectivity index (χ1) is 7.56. The normalized spacial score (nSPS) is 10.5. The molecule has 1 rings (SSSR count). The van der Waals surface area contributed by atoms with Crippen molar-refractivity contribution in [3.63, 3.8) is 0 Å². The first-order valence-corrected chi connectivity index (χ1v) is 5.32. The molecule has 2 N–H and O–H groups in total. The molecule has 0 aliphatic heterocycles. The number of methoxy groups -OCH3 is 1. The van der Waals surface area contributed by atoms with E-state index in [0.29, 0.717) is 17.9 Å². The first kappa shape index (κ1) is 12.8. The molecule has 0 amide bonds. The van der Waals surface area contributed by atoms with Crippen molar-refractivity contribution in [2.45, 2.75) is 13.3 Å². The molecule has 0 aliphatic rings. The minimum Gasteiger partial charge on any atom is -0.397 e. The smallest absolute Gasteiger partial charge is 0.128 e. The highest BCUT2D eigenvalue weighted by molar-refractivity contribution is 5.68. The van der Waals surface area contributed by atoms with Crippen LogP contribution in [0.3, 0.4) is 0 Å². The van der Waals surface area contributed by atoms with Crippen molar-refractivity contribution in [3.8, 4) is 0 Å². The van der Waals surface area contributed by atoms with Crippen LogP contribution in [0.15, 0.2) is 12.1 Å². The number of nitrogens with two attached hydrogens (primary N) is 1. The monoisotopic (exact) mass is 226 g/mol. The van der Waals surface area contributed by atoms with Crippen molar-refractivity contribution in [2.75, 3.05) is 37.9 Å². The molecule has 0 saturated carbocycles. The van der Waals surface area contributed by atoms with Gasteiger partial charge in [-0.3, -0.25) is 0 Å². The molecule has 0 aromatic heterocycles. The van der Waals surface area contributed by atoms with Crippen molar-refractivity contribution >= 4 is 11.4 Å². The standard InChI is InChI=1S/C12H19FN2O/c1-9-7-12(11(14)8-10(9)13)15(2)5-4-6-16-3/h7-8H,4-6,14H2,1-3H3. The van der Waals surface area contributed by atoms with Crippen LogP contribution in [0.5, 0.6) is 0 Å². The molecule has 0 saturated heterocycles. The zero-order valence-electron chi connectivity index (χ0n) is 10.1. The number of nitrogens with zero attached hydrogens (tertiary/aromatic N) is 1. The van der Waals surface area contributed by atoms with E-state index in [1.54, 1.807) is 20.1 Å². The summed E-state index contributed by atoms with van der Waals surface area (Å²) in [4.78, 5) is 2.01. The number of benzene rings is 1. The Balaban J connectivity index is 2.75. The fourth-order valence-electron chi connectivity index (χ4n) is 1.58. The van der Waals surface area contributed by atoms with Crippen molar-refractivity contribution in [1.29, 1.82) is 0 Å². The molecular formula is C12H19FN2O. The van der Waals surface area contributed by atoms with Crippen LogP contribution in [0.1, 0.15) is 12.0 Å². The highest BCUT2D eigenvalue weighted by Crippen LogP contribution is 2.25. The van der Waals surface area contributed by atoms with Crippen LogP contribution < -0.4 is 10.6 Å². The zero-order valence-corrected chi connectivity index (χ0v) is 10.1.